The van der Waals surface area contributed by atoms with Gasteiger partial charge in [-0.1, -0.05) is 12.1 Å². The van der Waals surface area contributed by atoms with E-state index in [1.54, 1.807) is 12.1 Å². The zero-order chi connectivity index (χ0) is 13.7. The van der Waals surface area contributed by atoms with Crippen LogP contribution in [0, 0.1) is 16.0 Å². The van der Waals surface area contributed by atoms with E-state index in [-0.39, 0.29) is 10.6 Å². The fourth-order valence-corrected chi connectivity index (χ4v) is 2.54. The Balaban J connectivity index is 1.81. The number of nitro benzene ring substituents is 1. The lowest BCUT2D eigenvalue weighted by atomic mass is 9.94. The van der Waals surface area contributed by atoms with Crippen LogP contribution in [0.5, 0.6) is 0 Å². The van der Waals surface area contributed by atoms with Crippen molar-refractivity contribution in [1.82, 2.24) is 4.90 Å². The maximum Gasteiger partial charge on any atom is 0.292 e. The third kappa shape index (κ3) is 3.92. The molecule has 0 aliphatic carbocycles. The summed E-state index contributed by atoms with van der Waals surface area (Å²) in [5.41, 5.74) is 0.784. The number of nitrogens with zero attached hydrogens (tertiary/aromatic N) is 2. The molecule has 1 fully saturated rings. The molecule has 0 spiro atoms. The van der Waals surface area contributed by atoms with E-state index < -0.39 is 0 Å². The van der Waals surface area contributed by atoms with Crippen LogP contribution in [0.3, 0.4) is 0 Å². The predicted molar refractivity (Wildman–Crippen MR) is 76.4 cm³/mol. The summed E-state index contributed by atoms with van der Waals surface area (Å²) in [4.78, 5) is 12.9. The Hall–Kier alpha value is -1.62. The zero-order valence-corrected chi connectivity index (χ0v) is 11.3. The summed E-state index contributed by atoms with van der Waals surface area (Å²) in [7, 11) is 2.15. The Kier molecular flexibility index (Phi) is 4.74. The summed E-state index contributed by atoms with van der Waals surface area (Å²) in [5, 5.41) is 14.1. The fourth-order valence-electron chi connectivity index (χ4n) is 2.54. The minimum atomic E-state index is -0.335. The molecule has 1 aliphatic rings. The van der Waals surface area contributed by atoms with Crippen molar-refractivity contribution in [3.05, 3.63) is 34.4 Å². The van der Waals surface area contributed by atoms with Crippen molar-refractivity contribution in [3.63, 3.8) is 0 Å². The molecule has 0 aromatic heterocycles. The van der Waals surface area contributed by atoms with Gasteiger partial charge in [0.05, 0.1) is 4.92 Å². The molecule has 0 atom stereocenters. The SMILES string of the molecule is CN1CCC(CCNc2ccccc2[N+](=O)[O-])CC1. The lowest BCUT2D eigenvalue weighted by Gasteiger charge is -2.28. The van der Waals surface area contributed by atoms with Crippen LogP contribution in [0.2, 0.25) is 0 Å². The van der Waals surface area contributed by atoms with Gasteiger partial charge in [-0.05, 0) is 51.4 Å². The van der Waals surface area contributed by atoms with Gasteiger partial charge in [0.25, 0.3) is 5.69 Å². The van der Waals surface area contributed by atoms with Gasteiger partial charge in [-0.3, -0.25) is 10.1 Å². The Labute approximate surface area is 113 Å². The smallest absolute Gasteiger partial charge is 0.292 e. The number of benzene rings is 1. The first kappa shape index (κ1) is 13.8. The maximum absolute atomic E-state index is 10.9. The topological polar surface area (TPSA) is 58.4 Å². The van der Waals surface area contributed by atoms with Crippen molar-refractivity contribution in [2.24, 2.45) is 5.92 Å². The number of hydrogen-bond acceptors (Lipinski definition) is 4. The highest BCUT2D eigenvalue weighted by Gasteiger charge is 2.17. The first-order chi connectivity index (χ1) is 9.16. The number of nitro groups is 1. The molecular weight excluding hydrogens is 242 g/mol. The molecule has 2 rings (SSSR count). The molecule has 5 heteroatoms. The molecule has 0 amide bonds. The van der Waals surface area contributed by atoms with E-state index in [2.05, 4.69) is 17.3 Å². The van der Waals surface area contributed by atoms with Crippen LogP contribution in [0.4, 0.5) is 11.4 Å². The van der Waals surface area contributed by atoms with Crippen LogP contribution in [0.1, 0.15) is 19.3 Å². The number of rotatable bonds is 5. The first-order valence-electron chi connectivity index (χ1n) is 6.82. The van der Waals surface area contributed by atoms with Crippen molar-refractivity contribution in [1.29, 1.82) is 0 Å². The van der Waals surface area contributed by atoms with Crippen molar-refractivity contribution >= 4 is 11.4 Å². The van der Waals surface area contributed by atoms with Gasteiger partial charge < -0.3 is 10.2 Å². The van der Waals surface area contributed by atoms with Crippen molar-refractivity contribution in [2.75, 3.05) is 32.0 Å². The zero-order valence-electron chi connectivity index (χ0n) is 11.3. The number of anilines is 1. The Bertz CT molecular complexity index is 428. The Morgan fingerprint density at radius 3 is 2.74 bits per heavy atom. The predicted octanol–water partition coefficient (Wildman–Crippen LogP) is 2.74. The van der Waals surface area contributed by atoms with Gasteiger partial charge in [-0.2, -0.15) is 0 Å². The number of para-hydroxylation sites is 2. The summed E-state index contributed by atoms with van der Waals surface area (Å²) < 4.78 is 0. The van der Waals surface area contributed by atoms with E-state index in [0.717, 1.165) is 32.0 Å². The third-order valence-corrected chi connectivity index (χ3v) is 3.81. The molecule has 1 aromatic carbocycles. The monoisotopic (exact) mass is 263 g/mol. The summed E-state index contributed by atoms with van der Waals surface area (Å²) in [6, 6.07) is 6.83. The second-order valence-electron chi connectivity index (χ2n) is 5.24. The second-order valence-corrected chi connectivity index (χ2v) is 5.24. The minimum absolute atomic E-state index is 0.158. The summed E-state index contributed by atoms with van der Waals surface area (Å²) in [6.45, 7) is 3.13. The molecule has 1 saturated heterocycles. The summed E-state index contributed by atoms with van der Waals surface area (Å²) in [5.74, 6) is 0.742. The third-order valence-electron chi connectivity index (χ3n) is 3.81. The van der Waals surface area contributed by atoms with Crippen molar-refractivity contribution in [3.8, 4) is 0 Å². The van der Waals surface area contributed by atoms with E-state index in [9.17, 15) is 10.1 Å². The minimum Gasteiger partial charge on any atom is -0.379 e. The van der Waals surface area contributed by atoms with Gasteiger partial charge in [0.2, 0.25) is 0 Å². The molecule has 0 bridgehead atoms. The van der Waals surface area contributed by atoms with Crippen molar-refractivity contribution < 1.29 is 4.92 Å². The average Bonchev–Trinajstić information content (AvgIpc) is 2.41. The van der Waals surface area contributed by atoms with Crippen LogP contribution >= 0.6 is 0 Å². The molecule has 0 radical (unpaired) electrons. The highest BCUT2D eigenvalue weighted by atomic mass is 16.6. The molecule has 1 N–H and O–H groups in total. The Morgan fingerprint density at radius 1 is 1.37 bits per heavy atom. The molecule has 1 aliphatic heterocycles. The van der Waals surface area contributed by atoms with Gasteiger partial charge in [-0.25, -0.2) is 0 Å². The quantitative estimate of drug-likeness (QED) is 0.655. The van der Waals surface area contributed by atoms with Gasteiger partial charge in [0.15, 0.2) is 0 Å². The van der Waals surface area contributed by atoms with E-state index in [4.69, 9.17) is 0 Å². The maximum atomic E-state index is 10.9. The first-order valence-corrected chi connectivity index (χ1v) is 6.82. The summed E-state index contributed by atoms with van der Waals surface area (Å²) >= 11 is 0. The highest BCUT2D eigenvalue weighted by molar-refractivity contribution is 5.60. The summed E-state index contributed by atoms with van der Waals surface area (Å²) in [6.07, 6.45) is 3.55. The molecule has 0 saturated carbocycles. The number of nitrogens with one attached hydrogen (secondary N) is 1. The van der Waals surface area contributed by atoms with E-state index >= 15 is 0 Å². The van der Waals surface area contributed by atoms with Gasteiger partial charge in [0.1, 0.15) is 5.69 Å². The van der Waals surface area contributed by atoms with Crippen LogP contribution in [0.15, 0.2) is 24.3 Å². The van der Waals surface area contributed by atoms with Gasteiger partial charge >= 0.3 is 0 Å². The van der Waals surface area contributed by atoms with E-state index in [1.165, 1.54) is 18.9 Å². The number of hydrogen-bond donors (Lipinski definition) is 1. The van der Waals surface area contributed by atoms with E-state index in [1.807, 2.05) is 6.07 Å². The lowest BCUT2D eigenvalue weighted by Crippen LogP contribution is -2.30. The molecule has 0 unspecified atom stereocenters. The van der Waals surface area contributed by atoms with Crippen LogP contribution in [-0.4, -0.2) is 36.5 Å². The van der Waals surface area contributed by atoms with Crippen LogP contribution in [0.25, 0.3) is 0 Å². The second kappa shape index (κ2) is 6.52. The highest BCUT2D eigenvalue weighted by Crippen LogP contribution is 2.24. The molecule has 1 heterocycles. The molecule has 19 heavy (non-hydrogen) atoms. The van der Waals surface area contributed by atoms with Gasteiger partial charge in [-0.15, -0.1) is 0 Å². The van der Waals surface area contributed by atoms with Crippen LogP contribution in [-0.2, 0) is 0 Å². The average molecular weight is 263 g/mol. The largest absolute Gasteiger partial charge is 0.379 e. The standard InChI is InChI=1S/C14H21N3O2/c1-16-10-7-12(8-11-16)6-9-15-13-4-2-3-5-14(13)17(18)19/h2-5,12,15H,6-11H2,1H3. The molecular formula is C14H21N3O2. The normalized spacial score (nSPS) is 17.3. The van der Waals surface area contributed by atoms with Gasteiger partial charge in [0, 0.05) is 12.6 Å². The molecule has 1 aromatic rings. The van der Waals surface area contributed by atoms with Crippen molar-refractivity contribution in [2.45, 2.75) is 19.3 Å². The molecule has 104 valence electrons. The Morgan fingerprint density at radius 2 is 2.05 bits per heavy atom. The lowest BCUT2D eigenvalue weighted by molar-refractivity contribution is -0.384. The van der Waals surface area contributed by atoms with E-state index in [0.29, 0.717) is 5.69 Å². The molecule has 5 nitrogen and oxygen atoms in total. The fraction of sp³-hybridized carbons (Fsp3) is 0.571. The number of piperidine rings is 1. The number of likely N-dealkylation sites (tertiary alicyclic amines) is 1. The van der Waals surface area contributed by atoms with Crippen LogP contribution < -0.4 is 5.32 Å².